The van der Waals surface area contributed by atoms with Crippen LogP contribution >= 0.6 is 0 Å². The summed E-state index contributed by atoms with van der Waals surface area (Å²) in [5, 5.41) is 12.1. The van der Waals surface area contributed by atoms with Gasteiger partial charge in [0.2, 0.25) is 0 Å². The van der Waals surface area contributed by atoms with E-state index >= 15 is 0 Å². The number of fused-ring (bicyclic) bond motifs is 1. The Bertz CT molecular complexity index is 1280. The van der Waals surface area contributed by atoms with Crippen molar-refractivity contribution in [2.75, 3.05) is 18.5 Å². The van der Waals surface area contributed by atoms with Crippen LogP contribution in [-0.2, 0) is 11.8 Å². The fourth-order valence-electron chi connectivity index (χ4n) is 3.36. The van der Waals surface area contributed by atoms with Crippen molar-refractivity contribution < 1.29 is 14.3 Å². The number of nitriles is 1. The van der Waals surface area contributed by atoms with Crippen LogP contribution < -0.4 is 20.3 Å². The highest BCUT2D eigenvalue weighted by Crippen LogP contribution is 2.31. The average molecular weight is 416 g/mol. The van der Waals surface area contributed by atoms with Gasteiger partial charge in [0.05, 0.1) is 11.4 Å². The molecule has 0 bridgehead atoms. The van der Waals surface area contributed by atoms with Gasteiger partial charge in [0.1, 0.15) is 30.5 Å². The van der Waals surface area contributed by atoms with Crippen LogP contribution in [0.4, 0.5) is 5.69 Å². The highest BCUT2D eigenvalue weighted by molar-refractivity contribution is 6.09. The second-order valence-corrected chi connectivity index (χ2v) is 6.96. The van der Waals surface area contributed by atoms with Crippen molar-refractivity contribution >= 4 is 17.7 Å². The highest BCUT2D eigenvalue weighted by atomic mass is 16.6. The minimum absolute atomic E-state index is 0.125. The van der Waals surface area contributed by atoms with Crippen molar-refractivity contribution in [1.82, 2.24) is 9.36 Å². The number of carbonyl (C=O) groups excluding carboxylic acids is 1. The van der Waals surface area contributed by atoms with E-state index in [1.807, 2.05) is 24.3 Å². The summed E-state index contributed by atoms with van der Waals surface area (Å²) in [6.45, 7) is 2.64. The van der Waals surface area contributed by atoms with Gasteiger partial charge in [-0.2, -0.15) is 5.26 Å². The van der Waals surface area contributed by atoms with Crippen molar-refractivity contribution in [3.63, 3.8) is 0 Å². The first kappa shape index (κ1) is 20.0. The predicted molar refractivity (Wildman–Crippen MR) is 115 cm³/mol. The van der Waals surface area contributed by atoms with Crippen LogP contribution in [-0.4, -0.2) is 28.5 Å². The van der Waals surface area contributed by atoms with E-state index in [0.717, 1.165) is 0 Å². The third-order valence-electron chi connectivity index (χ3n) is 5.04. The predicted octanol–water partition coefficient (Wildman–Crippen LogP) is 2.80. The summed E-state index contributed by atoms with van der Waals surface area (Å²) in [6.07, 6.45) is 1.45. The molecule has 0 fully saturated rings. The van der Waals surface area contributed by atoms with Crippen molar-refractivity contribution in [2.45, 2.75) is 6.92 Å². The molecule has 0 atom stereocenters. The molecular weight excluding hydrogens is 396 g/mol. The third-order valence-corrected chi connectivity index (χ3v) is 5.04. The first-order valence-electron chi connectivity index (χ1n) is 9.66. The van der Waals surface area contributed by atoms with Gasteiger partial charge in [-0.1, -0.05) is 24.3 Å². The van der Waals surface area contributed by atoms with Crippen LogP contribution in [0.2, 0.25) is 0 Å². The van der Waals surface area contributed by atoms with Gasteiger partial charge in [-0.05, 0) is 42.8 Å². The summed E-state index contributed by atoms with van der Waals surface area (Å²) in [4.78, 5) is 25.8. The van der Waals surface area contributed by atoms with Crippen LogP contribution in [0.3, 0.4) is 0 Å². The number of amides is 1. The monoisotopic (exact) mass is 416 g/mol. The van der Waals surface area contributed by atoms with Gasteiger partial charge < -0.3 is 14.8 Å². The Morgan fingerprint density at radius 2 is 1.84 bits per heavy atom. The summed E-state index contributed by atoms with van der Waals surface area (Å²) in [6, 6.07) is 16.2. The number of hydrogen-bond acceptors (Lipinski definition) is 5. The van der Waals surface area contributed by atoms with Crippen molar-refractivity contribution in [1.29, 1.82) is 5.26 Å². The Kier molecular flexibility index (Phi) is 5.33. The van der Waals surface area contributed by atoms with Gasteiger partial charge in [0, 0.05) is 7.05 Å². The van der Waals surface area contributed by atoms with E-state index in [-0.39, 0.29) is 16.8 Å². The van der Waals surface area contributed by atoms with Crippen molar-refractivity contribution in [2.24, 2.45) is 7.05 Å². The van der Waals surface area contributed by atoms with E-state index in [1.165, 1.54) is 10.8 Å². The summed E-state index contributed by atoms with van der Waals surface area (Å²) in [5.41, 5.74) is 1.47. The van der Waals surface area contributed by atoms with Crippen molar-refractivity contribution in [3.8, 4) is 23.3 Å². The Hall–Kier alpha value is -4.25. The van der Waals surface area contributed by atoms with E-state index < -0.39 is 5.91 Å². The molecule has 0 radical (unpaired) electrons. The van der Waals surface area contributed by atoms with Crippen molar-refractivity contribution in [3.05, 3.63) is 75.7 Å². The second kappa shape index (κ2) is 8.24. The first-order valence-corrected chi connectivity index (χ1v) is 9.66. The lowest BCUT2D eigenvalue weighted by Gasteiger charge is -2.18. The maximum Gasteiger partial charge on any atom is 0.295 e. The first-order chi connectivity index (χ1) is 15.0. The fraction of sp³-hybridized carbons (Fsp3) is 0.174. The van der Waals surface area contributed by atoms with E-state index in [0.29, 0.717) is 41.7 Å². The van der Waals surface area contributed by atoms with Crippen LogP contribution in [0.1, 0.15) is 11.3 Å². The lowest BCUT2D eigenvalue weighted by atomic mass is 10.1. The summed E-state index contributed by atoms with van der Waals surface area (Å²) >= 11 is 0. The largest absolute Gasteiger partial charge is 0.486 e. The van der Waals surface area contributed by atoms with E-state index in [1.54, 1.807) is 49.0 Å². The molecule has 1 amide bonds. The number of nitrogens with one attached hydrogen (secondary N) is 1. The number of nitrogens with zero attached hydrogens (tertiary/aromatic N) is 3. The standard InChI is InChI=1S/C23H20N4O4/c1-15-21(23(29)27(26(15)2)18-6-4-3-5-7-18)25-22(28)17(14-24)12-16-8-9-19-20(13-16)31-11-10-30-19/h3-9,12-13H,10-11H2,1-2H3,(H,25,28). The zero-order valence-corrected chi connectivity index (χ0v) is 17.1. The quantitative estimate of drug-likeness (QED) is 0.521. The average Bonchev–Trinajstić information content (AvgIpc) is 3.00. The van der Waals surface area contributed by atoms with E-state index in [4.69, 9.17) is 9.47 Å². The van der Waals surface area contributed by atoms with Crippen LogP contribution in [0, 0.1) is 18.3 Å². The number of hydrogen-bond donors (Lipinski definition) is 1. The molecule has 0 unspecified atom stereocenters. The Morgan fingerprint density at radius 3 is 2.55 bits per heavy atom. The van der Waals surface area contributed by atoms with Gasteiger partial charge in [0.25, 0.3) is 11.5 Å². The Labute approximate surface area is 178 Å². The molecule has 0 saturated carbocycles. The third kappa shape index (κ3) is 3.81. The number of anilines is 1. The molecule has 0 spiro atoms. The molecule has 2 heterocycles. The summed E-state index contributed by atoms with van der Waals surface area (Å²) < 4.78 is 14.1. The molecule has 1 aliphatic rings. The van der Waals surface area contributed by atoms with Gasteiger partial charge in [-0.3, -0.25) is 14.3 Å². The minimum Gasteiger partial charge on any atom is -0.486 e. The molecule has 1 aliphatic heterocycles. The molecule has 156 valence electrons. The zero-order valence-electron chi connectivity index (χ0n) is 17.1. The molecule has 3 aromatic rings. The van der Waals surface area contributed by atoms with E-state index in [2.05, 4.69) is 5.32 Å². The SMILES string of the molecule is Cc1c(NC(=O)C(C#N)=Cc2ccc3c(c2)OCCO3)c(=O)n(-c2ccccc2)n1C. The second-order valence-electron chi connectivity index (χ2n) is 6.96. The maximum atomic E-state index is 13.0. The molecule has 0 aliphatic carbocycles. The van der Waals surface area contributed by atoms with Gasteiger partial charge in [0.15, 0.2) is 11.5 Å². The summed E-state index contributed by atoms with van der Waals surface area (Å²) in [5.74, 6) is 0.512. The highest BCUT2D eigenvalue weighted by Gasteiger charge is 2.20. The topological polar surface area (TPSA) is 98.3 Å². The van der Waals surface area contributed by atoms with Crippen LogP contribution in [0.5, 0.6) is 11.5 Å². The minimum atomic E-state index is -0.664. The molecule has 1 N–H and O–H groups in total. The Balaban J connectivity index is 1.64. The molecular formula is C23H20N4O4. The number of aromatic nitrogens is 2. The number of carbonyl (C=O) groups is 1. The zero-order chi connectivity index (χ0) is 22.0. The number of para-hydroxylation sites is 1. The lowest BCUT2D eigenvalue weighted by Crippen LogP contribution is -2.23. The maximum absolute atomic E-state index is 13.0. The number of benzene rings is 2. The molecule has 8 nitrogen and oxygen atoms in total. The van der Waals surface area contributed by atoms with Gasteiger partial charge in [-0.15, -0.1) is 0 Å². The van der Waals surface area contributed by atoms with Gasteiger partial charge >= 0.3 is 0 Å². The van der Waals surface area contributed by atoms with Gasteiger partial charge in [-0.25, -0.2) is 4.68 Å². The van der Waals surface area contributed by atoms with Crippen LogP contribution in [0.25, 0.3) is 11.8 Å². The molecule has 8 heteroatoms. The lowest BCUT2D eigenvalue weighted by molar-refractivity contribution is -0.112. The van der Waals surface area contributed by atoms with Crippen LogP contribution in [0.15, 0.2) is 58.9 Å². The molecule has 1 aromatic heterocycles. The Morgan fingerprint density at radius 1 is 1.13 bits per heavy atom. The number of rotatable bonds is 4. The molecule has 2 aromatic carbocycles. The normalized spacial score (nSPS) is 12.9. The van der Waals surface area contributed by atoms with E-state index in [9.17, 15) is 14.9 Å². The number of ether oxygens (including phenoxy) is 2. The molecule has 0 saturated heterocycles. The summed E-state index contributed by atoms with van der Waals surface area (Å²) in [7, 11) is 1.73. The smallest absolute Gasteiger partial charge is 0.295 e. The molecule has 31 heavy (non-hydrogen) atoms. The molecule has 4 rings (SSSR count). The fourth-order valence-corrected chi connectivity index (χ4v) is 3.36.